The number of benzene rings is 1. The highest BCUT2D eigenvalue weighted by atomic mass is 19.1. The van der Waals surface area contributed by atoms with Crippen molar-refractivity contribution in [3.05, 3.63) is 45.3 Å². The third-order valence-electron chi connectivity index (χ3n) is 3.81. The molecule has 0 saturated heterocycles. The summed E-state index contributed by atoms with van der Waals surface area (Å²) in [6.07, 6.45) is -0.554. The number of rotatable bonds is 1. The fourth-order valence-electron chi connectivity index (χ4n) is 2.70. The van der Waals surface area contributed by atoms with Crippen LogP contribution in [-0.2, 0) is 6.54 Å². The van der Waals surface area contributed by atoms with E-state index in [1.165, 1.54) is 23.6 Å². The van der Waals surface area contributed by atoms with E-state index in [9.17, 15) is 19.4 Å². The molecule has 2 N–H and O–H groups in total. The van der Waals surface area contributed by atoms with Crippen molar-refractivity contribution in [1.29, 1.82) is 5.26 Å². The molecule has 7 heteroatoms. The number of nitriles is 1. The second kappa shape index (κ2) is 4.46. The van der Waals surface area contributed by atoms with Crippen LogP contribution in [0.15, 0.2) is 16.9 Å². The van der Waals surface area contributed by atoms with Gasteiger partial charge in [-0.3, -0.25) is 4.57 Å². The summed E-state index contributed by atoms with van der Waals surface area (Å²) >= 11 is 0. The number of aromatic nitrogens is 2. The fourth-order valence-corrected chi connectivity index (χ4v) is 2.70. The Kier molecular flexibility index (Phi) is 2.85. The summed E-state index contributed by atoms with van der Waals surface area (Å²) in [4.78, 5) is 12.3. The van der Waals surface area contributed by atoms with E-state index in [-0.39, 0.29) is 22.5 Å². The van der Waals surface area contributed by atoms with Gasteiger partial charge in [0.25, 0.3) is 0 Å². The summed E-state index contributed by atoms with van der Waals surface area (Å²) in [5.41, 5.74) is -0.278. The largest absolute Gasteiger partial charge is 0.493 e. The van der Waals surface area contributed by atoms with Gasteiger partial charge in [0.2, 0.25) is 5.88 Å². The minimum absolute atomic E-state index is 0.0882. The number of aromatic hydroxyl groups is 1. The summed E-state index contributed by atoms with van der Waals surface area (Å²) in [7, 11) is 0. The highest BCUT2D eigenvalue weighted by Gasteiger charge is 2.31. The lowest BCUT2D eigenvalue weighted by Crippen LogP contribution is -2.23. The number of hydrogen-bond donors (Lipinski definition) is 2. The highest BCUT2D eigenvalue weighted by molar-refractivity contribution is 5.50. The number of aliphatic hydroxyl groups is 1. The second-order valence-corrected chi connectivity index (χ2v) is 4.97. The van der Waals surface area contributed by atoms with Crippen molar-refractivity contribution < 1.29 is 14.6 Å². The first-order chi connectivity index (χ1) is 9.97. The lowest BCUT2D eigenvalue weighted by molar-refractivity contribution is 0.175. The second-order valence-electron chi connectivity index (χ2n) is 4.97. The summed E-state index contributed by atoms with van der Waals surface area (Å²) in [5, 5.41) is 28.8. The third kappa shape index (κ3) is 1.69. The Labute approximate surface area is 118 Å². The van der Waals surface area contributed by atoms with Crippen LogP contribution in [0.25, 0.3) is 5.69 Å². The monoisotopic (exact) mass is 289 g/mol. The number of imidazole rings is 1. The molecule has 0 radical (unpaired) electrons. The molecule has 1 aliphatic rings. The van der Waals surface area contributed by atoms with E-state index in [0.29, 0.717) is 13.0 Å². The molecular formula is C14H12FN3O3. The molecule has 0 saturated carbocycles. The lowest BCUT2D eigenvalue weighted by Gasteiger charge is -2.10. The summed E-state index contributed by atoms with van der Waals surface area (Å²) in [6.45, 7) is 1.73. The predicted octanol–water partition coefficient (Wildman–Crippen LogP) is 1.10. The molecule has 0 fully saturated rings. The van der Waals surface area contributed by atoms with Gasteiger partial charge < -0.3 is 10.2 Å². The molecule has 0 spiro atoms. The van der Waals surface area contributed by atoms with Crippen LogP contribution in [0.4, 0.5) is 4.39 Å². The molecule has 1 aromatic heterocycles. The van der Waals surface area contributed by atoms with Crippen molar-refractivity contribution in [1.82, 2.24) is 9.13 Å². The zero-order chi connectivity index (χ0) is 15.3. The Balaban J connectivity index is 2.30. The van der Waals surface area contributed by atoms with Gasteiger partial charge in [-0.25, -0.2) is 13.8 Å². The molecule has 3 rings (SSSR count). The van der Waals surface area contributed by atoms with E-state index >= 15 is 0 Å². The molecule has 108 valence electrons. The summed E-state index contributed by atoms with van der Waals surface area (Å²) < 4.78 is 16.2. The zero-order valence-electron chi connectivity index (χ0n) is 11.2. The molecule has 21 heavy (non-hydrogen) atoms. The van der Waals surface area contributed by atoms with Crippen molar-refractivity contribution in [3.63, 3.8) is 0 Å². The number of halogens is 1. The molecule has 1 aliphatic heterocycles. The van der Waals surface area contributed by atoms with Crippen LogP contribution in [0.5, 0.6) is 5.88 Å². The van der Waals surface area contributed by atoms with Crippen LogP contribution < -0.4 is 5.69 Å². The maximum Gasteiger partial charge on any atom is 0.336 e. The molecule has 1 aromatic carbocycles. The van der Waals surface area contributed by atoms with Gasteiger partial charge in [-0.05, 0) is 25.5 Å². The van der Waals surface area contributed by atoms with Crippen molar-refractivity contribution >= 4 is 0 Å². The molecule has 0 unspecified atom stereocenters. The van der Waals surface area contributed by atoms with Crippen molar-refractivity contribution in [2.45, 2.75) is 26.0 Å². The summed E-state index contributed by atoms with van der Waals surface area (Å²) in [6, 6.07) is 4.38. The maximum absolute atomic E-state index is 14.0. The van der Waals surface area contributed by atoms with Gasteiger partial charge in [-0.15, -0.1) is 0 Å². The quantitative estimate of drug-likeness (QED) is 0.822. The fraction of sp³-hybridized carbons (Fsp3) is 0.286. The first kappa shape index (κ1) is 13.4. The van der Waals surface area contributed by atoms with Crippen LogP contribution in [0.3, 0.4) is 0 Å². The Morgan fingerprint density at radius 3 is 2.81 bits per heavy atom. The molecule has 0 aliphatic carbocycles. The Morgan fingerprint density at radius 1 is 1.48 bits per heavy atom. The molecule has 0 bridgehead atoms. The average molecular weight is 289 g/mol. The van der Waals surface area contributed by atoms with Crippen molar-refractivity contribution in [2.75, 3.05) is 0 Å². The van der Waals surface area contributed by atoms with Crippen molar-refractivity contribution in [2.24, 2.45) is 0 Å². The van der Waals surface area contributed by atoms with Crippen LogP contribution in [0, 0.1) is 24.1 Å². The molecular weight excluding hydrogens is 277 g/mol. The predicted molar refractivity (Wildman–Crippen MR) is 70.7 cm³/mol. The van der Waals surface area contributed by atoms with Gasteiger partial charge >= 0.3 is 5.69 Å². The zero-order valence-corrected chi connectivity index (χ0v) is 11.2. The average Bonchev–Trinajstić information content (AvgIpc) is 2.95. The minimum atomic E-state index is -0.914. The van der Waals surface area contributed by atoms with Gasteiger partial charge in [0.15, 0.2) is 0 Å². The Morgan fingerprint density at radius 2 is 2.19 bits per heavy atom. The van der Waals surface area contributed by atoms with E-state index in [4.69, 9.17) is 5.26 Å². The van der Waals surface area contributed by atoms with Gasteiger partial charge in [0.05, 0.1) is 11.3 Å². The first-order valence-electron chi connectivity index (χ1n) is 6.39. The number of aliphatic hydroxyl groups excluding tert-OH is 1. The van der Waals surface area contributed by atoms with Crippen molar-refractivity contribution in [3.8, 4) is 17.6 Å². The van der Waals surface area contributed by atoms with E-state index in [2.05, 4.69) is 0 Å². The standard InChI is InChI=1S/C14H12FN3O3/c1-7-9(3-2-8(6-16)11(7)15)18-13(20)12-10(19)4-5-17(12)14(18)21/h2-3,10,19-20H,4-5H2,1H3/t10-/m1/s1. The minimum Gasteiger partial charge on any atom is -0.493 e. The van der Waals surface area contributed by atoms with E-state index < -0.39 is 23.5 Å². The molecule has 1 atom stereocenters. The number of hydrogen-bond acceptors (Lipinski definition) is 4. The molecule has 2 heterocycles. The van der Waals surface area contributed by atoms with Gasteiger partial charge in [0.1, 0.15) is 23.7 Å². The third-order valence-corrected chi connectivity index (χ3v) is 3.81. The topological polar surface area (TPSA) is 91.2 Å². The molecule has 6 nitrogen and oxygen atoms in total. The van der Waals surface area contributed by atoms with Crippen LogP contribution in [0.1, 0.15) is 29.3 Å². The van der Waals surface area contributed by atoms with E-state index in [1.807, 2.05) is 0 Å². The number of nitrogens with zero attached hydrogens (tertiary/aromatic N) is 3. The van der Waals surface area contributed by atoms with Gasteiger partial charge in [0, 0.05) is 12.1 Å². The first-order valence-corrected chi connectivity index (χ1v) is 6.39. The van der Waals surface area contributed by atoms with E-state index in [0.717, 1.165) is 4.57 Å². The lowest BCUT2D eigenvalue weighted by atomic mass is 10.1. The van der Waals surface area contributed by atoms with E-state index in [1.54, 1.807) is 6.07 Å². The SMILES string of the molecule is Cc1c(-n2c(O)c3n(c2=O)CC[C@H]3O)ccc(C#N)c1F. The smallest absolute Gasteiger partial charge is 0.336 e. The maximum atomic E-state index is 14.0. The molecule has 2 aromatic rings. The van der Waals surface area contributed by atoms with Gasteiger partial charge in [-0.2, -0.15) is 5.26 Å². The van der Waals surface area contributed by atoms with Crippen LogP contribution in [0.2, 0.25) is 0 Å². The normalized spacial score (nSPS) is 16.8. The Hall–Kier alpha value is -2.59. The van der Waals surface area contributed by atoms with Crippen LogP contribution >= 0.6 is 0 Å². The summed E-state index contributed by atoms with van der Waals surface area (Å²) in [5.74, 6) is -1.12. The Bertz CT molecular complexity index is 845. The van der Waals surface area contributed by atoms with Gasteiger partial charge in [-0.1, -0.05) is 0 Å². The molecule has 0 amide bonds. The highest BCUT2D eigenvalue weighted by Crippen LogP contribution is 2.34. The number of fused-ring (bicyclic) bond motifs is 1. The van der Waals surface area contributed by atoms with Crippen LogP contribution in [-0.4, -0.2) is 19.3 Å².